The summed E-state index contributed by atoms with van der Waals surface area (Å²) in [4.78, 5) is 9.64. The number of halogens is 1. The average molecular weight is 328 g/mol. The van der Waals surface area contributed by atoms with Crippen LogP contribution in [-0.4, -0.2) is 13.3 Å². The Balaban J connectivity index is 2.49. The van der Waals surface area contributed by atoms with Gasteiger partial charge in [0.1, 0.15) is 0 Å². The molecule has 0 aliphatic carbocycles. The highest BCUT2D eigenvalue weighted by Gasteiger charge is 2.26. The van der Waals surface area contributed by atoms with E-state index >= 15 is 0 Å². The quantitative estimate of drug-likeness (QED) is 0.508. The predicted octanol–water partition coefficient (Wildman–Crippen LogP) is 2.63. The minimum absolute atomic E-state index is 0.104. The van der Waals surface area contributed by atoms with Gasteiger partial charge in [-0.15, -0.1) is 0 Å². The van der Waals surface area contributed by atoms with E-state index in [-0.39, 0.29) is 11.4 Å². The molecule has 7 nitrogen and oxygen atoms in total. The lowest BCUT2D eigenvalue weighted by molar-refractivity contribution is -0.387. The Kier molecular flexibility index (Phi) is 4.01. The number of nitro groups is 1. The van der Waals surface area contributed by atoms with E-state index in [1.807, 2.05) is 0 Å². The zero-order chi connectivity index (χ0) is 15.6. The molecule has 0 radical (unpaired) electrons. The lowest BCUT2D eigenvalue weighted by atomic mass is 10.3. The molecule has 0 bridgehead atoms. The van der Waals surface area contributed by atoms with Crippen LogP contribution in [0.25, 0.3) is 0 Å². The minimum Gasteiger partial charge on any atom is -0.399 e. The van der Waals surface area contributed by atoms with Gasteiger partial charge in [-0.1, -0.05) is 17.7 Å². The van der Waals surface area contributed by atoms with Crippen molar-refractivity contribution in [1.29, 1.82) is 0 Å². The highest BCUT2D eigenvalue weighted by Crippen LogP contribution is 2.28. The van der Waals surface area contributed by atoms with Gasteiger partial charge in [-0.2, -0.15) is 0 Å². The van der Waals surface area contributed by atoms with Crippen molar-refractivity contribution < 1.29 is 13.3 Å². The van der Waals surface area contributed by atoms with Gasteiger partial charge in [-0.05, 0) is 30.3 Å². The van der Waals surface area contributed by atoms with Crippen molar-refractivity contribution in [2.45, 2.75) is 4.90 Å². The number of nitrogens with two attached hydrogens (primary N) is 1. The van der Waals surface area contributed by atoms with Gasteiger partial charge in [0.05, 0.1) is 10.6 Å². The second kappa shape index (κ2) is 5.58. The summed E-state index contributed by atoms with van der Waals surface area (Å²) in [6.07, 6.45) is 0. The highest BCUT2D eigenvalue weighted by molar-refractivity contribution is 7.92. The fourth-order valence-corrected chi connectivity index (χ4v) is 3.11. The third kappa shape index (κ3) is 3.41. The summed E-state index contributed by atoms with van der Waals surface area (Å²) in [6, 6.07) is 9.32. The molecule has 0 atom stereocenters. The molecule has 0 amide bonds. The van der Waals surface area contributed by atoms with Gasteiger partial charge in [-0.3, -0.25) is 14.8 Å². The Bertz CT molecular complexity index is 808. The van der Waals surface area contributed by atoms with Crippen LogP contribution in [0.15, 0.2) is 47.4 Å². The third-order valence-electron chi connectivity index (χ3n) is 2.55. The Morgan fingerprint density at radius 1 is 1.19 bits per heavy atom. The van der Waals surface area contributed by atoms with E-state index in [4.69, 9.17) is 17.3 Å². The van der Waals surface area contributed by atoms with Crippen LogP contribution in [0.3, 0.4) is 0 Å². The zero-order valence-electron chi connectivity index (χ0n) is 10.5. The van der Waals surface area contributed by atoms with E-state index < -0.39 is 25.5 Å². The lowest BCUT2D eigenvalue weighted by Gasteiger charge is -2.09. The molecule has 0 unspecified atom stereocenters. The average Bonchev–Trinajstić information content (AvgIpc) is 2.37. The Labute approximate surface area is 125 Å². The van der Waals surface area contributed by atoms with Crippen molar-refractivity contribution in [2.75, 3.05) is 10.5 Å². The summed E-state index contributed by atoms with van der Waals surface area (Å²) in [6.45, 7) is 0. The van der Waals surface area contributed by atoms with Gasteiger partial charge < -0.3 is 5.73 Å². The van der Waals surface area contributed by atoms with Gasteiger partial charge in [0.25, 0.3) is 15.7 Å². The molecule has 21 heavy (non-hydrogen) atoms. The van der Waals surface area contributed by atoms with Crippen molar-refractivity contribution in [3.63, 3.8) is 0 Å². The van der Waals surface area contributed by atoms with Gasteiger partial charge in [0, 0.05) is 16.8 Å². The van der Waals surface area contributed by atoms with Crippen LogP contribution < -0.4 is 10.5 Å². The number of benzene rings is 2. The standard InChI is InChI=1S/C12H10ClN3O4S/c13-8-2-1-3-10(6-8)15-21(19,20)12-7-9(14)4-5-11(12)16(17)18/h1-7,15H,14H2. The largest absolute Gasteiger partial charge is 0.399 e. The SMILES string of the molecule is Nc1ccc([N+](=O)[O-])c(S(=O)(=O)Nc2cccc(Cl)c2)c1. The normalized spacial score (nSPS) is 11.1. The van der Waals surface area contributed by atoms with Gasteiger partial charge in [0.15, 0.2) is 4.90 Å². The number of sulfonamides is 1. The number of hydrogen-bond donors (Lipinski definition) is 2. The molecule has 0 saturated heterocycles. The first-order valence-electron chi connectivity index (χ1n) is 5.62. The molecular formula is C12H10ClN3O4S. The molecule has 0 aromatic heterocycles. The number of hydrogen-bond acceptors (Lipinski definition) is 5. The molecule has 2 aromatic rings. The summed E-state index contributed by atoms with van der Waals surface area (Å²) in [7, 11) is -4.16. The molecule has 110 valence electrons. The number of rotatable bonds is 4. The van der Waals surface area contributed by atoms with Crippen molar-refractivity contribution in [2.24, 2.45) is 0 Å². The third-order valence-corrected chi connectivity index (χ3v) is 4.19. The van der Waals surface area contributed by atoms with Crippen LogP contribution in [0.2, 0.25) is 5.02 Å². The molecule has 3 N–H and O–H groups in total. The van der Waals surface area contributed by atoms with Crippen LogP contribution >= 0.6 is 11.6 Å². The molecular weight excluding hydrogens is 318 g/mol. The fourth-order valence-electron chi connectivity index (χ4n) is 1.66. The second-order valence-corrected chi connectivity index (χ2v) is 6.19. The number of nitro benzene ring substituents is 1. The van der Waals surface area contributed by atoms with E-state index in [0.717, 1.165) is 12.1 Å². The van der Waals surface area contributed by atoms with Crippen molar-refractivity contribution in [3.05, 3.63) is 57.6 Å². The first-order valence-corrected chi connectivity index (χ1v) is 7.48. The maximum Gasteiger partial charge on any atom is 0.290 e. The smallest absolute Gasteiger partial charge is 0.290 e. The maximum atomic E-state index is 12.3. The predicted molar refractivity (Wildman–Crippen MR) is 79.8 cm³/mol. The number of nitrogen functional groups attached to an aromatic ring is 1. The monoisotopic (exact) mass is 327 g/mol. The van der Waals surface area contributed by atoms with E-state index in [9.17, 15) is 18.5 Å². The van der Waals surface area contributed by atoms with Gasteiger partial charge >= 0.3 is 0 Å². The fraction of sp³-hybridized carbons (Fsp3) is 0. The van der Waals surface area contributed by atoms with E-state index in [1.165, 1.54) is 18.2 Å². The summed E-state index contributed by atoms with van der Waals surface area (Å²) in [5.74, 6) is 0. The Morgan fingerprint density at radius 2 is 1.90 bits per heavy atom. The van der Waals surface area contributed by atoms with E-state index in [0.29, 0.717) is 5.02 Å². The number of nitrogens with zero attached hydrogens (tertiary/aromatic N) is 1. The second-order valence-electron chi connectivity index (χ2n) is 4.10. The highest BCUT2D eigenvalue weighted by atomic mass is 35.5. The lowest BCUT2D eigenvalue weighted by Crippen LogP contribution is -2.15. The van der Waals surface area contributed by atoms with Gasteiger partial charge in [0.2, 0.25) is 0 Å². The van der Waals surface area contributed by atoms with Crippen LogP contribution in [0.5, 0.6) is 0 Å². The van der Waals surface area contributed by atoms with Crippen LogP contribution in [0, 0.1) is 10.1 Å². The Morgan fingerprint density at radius 3 is 2.52 bits per heavy atom. The topological polar surface area (TPSA) is 115 Å². The maximum absolute atomic E-state index is 12.3. The molecule has 0 aliphatic heterocycles. The summed E-state index contributed by atoms with van der Waals surface area (Å²) >= 11 is 5.76. The molecule has 0 saturated carbocycles. The molecule has 0 fully saturated rings. The molecule has 9 heteroatoms. The van der Waals surface area contributed by atoms with Crippen LogP contribution in [0.4, 0.5) is 17.1 Å². The Hall–Kier alpha value is -2.32. The first-order chi connectivity index (χ1) is 9.79. The van der Waals surface area contributed by atoms with Crippen molar-refractivity contribution in [1.82, 2.24) is 0 Å². The molecule has 2 aromatic carbocycles. The van der Waals surface area contributed by atoms with E-state index in [2.05, 4.69) is 4.72 Å². The minimum atomic E-state index is -4.16. The summed E-state index contributed by atoms with van der Waals surface area (Å²) < 4.78 is 26.8. The van der Waals surface area contributed by atoms with Crippen LogP contribution in [-0.2, 0) is 10.0 Å². The number of nitrogens with one attached hydrogen (secondary N) is 1. The molecule has 0 heterocycles. The summed E-state index contributed by atoms with van der Waals surface area (Å²) in [5.41, 5.74) is 5.25. The number of anilines is 2. The molecule has 2 rings (SSSR count). The summed E-state index contributed by atoms with van der Waals surface area (Å²) in [5, 5.41) is 11.3. The zero-order valence-corrected chi connectivity index (χ0v) is 12.1. The van der Waals surface area contributed by atoms with E-state index in [1.54, 1.807) is 12.1 Å². The first kappa shape index (κ1) is 15.1. The van der Waals surface area contributed by atoms with Crippen molar-refractivity contribution >= 4 is 38.7 Å². The van der Waals surface area contributed by atoms with Crippen LogP contribution in [0.1, 0.15) is 0 Å². The molecule has 0 aliphatic rings. The van der Waals surface area contributed by atoms with Gasteiger partial charge in [-0.25, -0.2) is 8.42 Å². The van der Waals surface area contributed by atoms with Crippen molar-refractivity contribution in [3.8, 4) is 0 Å². The molecule has 0 spiro atoms.